The van der Waals surface area contributed by atoms with Gasteiger partial charge < -0.3 is 9.47 Å². The third-order valence-corrected chi connectivity index (χ3v) is 2.31. The zero-order valence-electron chi connectivity index (χ0n) is 7.51. The Labute approximate surface area is 68.9 Å². The Morgan fingerprint density at radius 2 is 2.00 bits per heavy atom. The average Bonchev–Trinajstić information content (AvgIpc) is 2.06. The lowest BCUT2D eigenvalue weighted by Gasteiger charge is -2.27. The fraction of sp³-hybridized carbons (Fsp3) is 1.00. The van der Waals surface area contributed by atoms with Crippen molar-refractivity contribution in [2.75, 3.05) is 13.7 Å². The normalized spacial score (nSPS) is 32.2. The third-order valence-electron chi connectivity index (χ3n) is 2.31. The van der Waals surface area contributed by atoms with E-state index < -0.39 is 0 Å². The molecule has 0 aromatic rings. The summed E-state index contributed by atoms with van der Waals surface area (Å²) in [6.45, 7) is 2.89. The van der Waals surface area contributed by atoms with Crippen molar-refractivity contribution in [1.82, 2.24) is 0 Å². The molecule has 2 atom stereocenters. The second-order valence-corrected chi connectivity index (χ2v) is 3.10. The van der Waals surface area contributed by atoms with Crippen LogP contribution in [0.25, 0.3) is 0 Å². The van der Waals surface area contributed by atoms with Crippen LogP contribution < -0.4 is 0 Å². The van der Waals surface area contributed by atoms with Crippen LogP contribution in [0.1, 0.15) is 32.6 Å². The van der Waals surface area contributed by atoms with Crippen LogP contribution in [-0.4, -0.2) is 25.9 Å². The molecule has 1 aliphatic rings. The van der Waals surface area contributed by atoms with Crippen molar-refractivity contribution in [1.29, 1.82) is 0 Å². The Morgan fingerprint density at radius 3 is 2.64 bits per heavy atom. The predicted octanol–water partition coefficient (Wildman–Crippen LogP) is 1.98. The van der Waals surface area contributed by atoms with Gasteiger partial charge in [0.1, 0.15) is 0 Å². The molecule has 0 amide bonds. The molecule has 0 radical (unpaired) electrons. The molecule has 1 aliphatic carbocycles. The number of hydrogen-bond donors (Lipinski definition) is 0. The summed E-state index contributed by atoms with van der Waals surface area (Å²) in [6.07, 6.45) is 5.67. The Kier molecular flexibility index (Phi) is 3.87. The van der Waals surface area contributed by atoms with Crippen LogP contribution in [0.5, 0.6) is 0 Å². The van der Waals surface area contributed by atoms with Gasteiger partial charge in [-0.1, -0.05) is 0 Å². The summed E-state index contributed by atoms with van der Waals surface area (Å²) in [5.41, 5.74) is 0. The molecule has 0 aromatic heterocycles. The molecule has 0 spiro atoms. The van der Waals surface area contributed by atoms with Gasteiger partial charge in [-0.05, 0) is 32.6 Å². The average molecular weight is 158 g/mol. The van der Waals surface area contributed by atoms with Gasteiger partial charge in [0.2, 0.25) is 0 Å². The molecule has 0 saturated heterocycles. The molecule has 1 saturated carbocycles. The monoisotopic (exact) mass is 158 g/mol. The molecule has 0 aliphatic heterocycles. The van der Waals surface area contributed by atoms with Gasteiger partial charge in [-0.15, -0.1) is 0 Å². The highest BCUT2D eigenvalue weighted by atomic mass is 16.5. The van der Waals surface area contributed by atoms with Crippen LogP contribution in [-0.2, 0) is 9.47 Å². The van der Waals surface area contributed by atoms with Gasteiger partial charge in [0, 0.05) is 13.7 Å². The third kappa shape index (κ3) is 2.80. The second-order valence-electron chi connectivity index (χ2n) is 3.10. The van der Waals surface area contributed by atoms with E-state index in [0.717, 1.165) is 13.0 Å². The number of methoxy groups -OCH3 is 1. The lowest BCUT2D eigenvalue weighted by atomic mass is 9.95. The minimum Gasteiger partial charge on any atom is -0.381 e. The van der Waals surface area contributed by atoms with E-state index in [1.54, 1.807) is 7.11 Å². The quantitative estimate of drug-likeness (QED) is 0.625. The second kappa shape index (κ2) is 4.73. The van der Waals surface area contributed by atoms with Crippen molar-refractivity contribution in [3.05, 3.63) is 0 Å². The summed E-state index contributed by atoms with van der Waals surface area (Å²) in [5.74, 6) is 0. The molecule has 0 heterocycles. The number of ether oxygens (including phenoxy) is 2. The summed E-state index contributed by atoms with van der Waals surface area (Å²) in [6, 6.07) is 0. The Bertz CT molecular complexity index is 102. The van der Waals surface area contributed by atoms with Crippen molar-refractivity contribution in [2.24, 2.45) is 0 Å². The van der Waals surface area contributed by atoms with Gasteiger partial charge in [-0.3, -0.25) is 0 Å². The molecule has 0 bridgehead atoms. The topological polar surface area (TPSA) is 18.5 Å². The standard InChI is InChI=1S/C9H18O2/c1-3-11-9-6-4-5-8(7-9)10-2/h8-9H,3-7H2,1-2H3/t8-,9-/m0/s1. The highest BCUT2D eigenvalue weighted by molar-refractivity contribution is 4.73. The minimum absolute atomic E-state index is 0.445. The van der Waals surface area contributed by atoms with E-state index in [-0.39, 0.29) is 0 Å². The van der Waals surface area contributed by atoms with Crippen LogP contribution >= 0.6 is 0 Å². The SMILES string of the molecule is CCO[C@H]1CCC[C@H](OC)C1. The first-order valence-electron chi connectivity index (χ1n) is 4.51. The number of hydrogen-bond acceptors (Lipinski definition) is 2. The summed E-state index contributed by atoms with van der Waals surface area (Å²) < 4.78 is 10.8. The molecule has 2 heteroatoms. The van der Waals surface area contributed by atoms with Crippen LogP contribution in [0.2, 0.25) is 0 Å². The fourth-order valence-electron chi connectivity index (χ4n) is 1.70. The van der Waals surface area contributed by atoms with Gasteiger partial charge >= 0.3 is 0 Å². The molecule has 0 aromatic carbocycles. The van der Waals surface area contributed by atoms with Crippen LogP contribution in [0, 0.1) is 0 Å². The lowest BCUT2D eigenvalue weighted by Crippen LogP contribution is -2.27. The van der Waals surface area contributed by atoms with E-state index >= 15 is 0 Å². The van der Waals surface area contributed by atoms with Crippen LogP contribution in [0.4, 0.5) is 0 Å². The van der Waals surface area contributed by atoms with Gasteiger partial charge in [0.05, 0.1) is 12.2 Å². The minimum atomic E-state index is 0.445. The largest absolute Gasteiger partial charge is 0.381 e. The maximum absolute atomic E-state index is 5.53. The molecule has 0 unspecified atom stereocenters. The van der Waals surface area contributed by atoms with E-state index in [1.807, 2.05) is 0 Å². The number of rotatable bonds is 3. The van der Waals surface area contributed by atoms with Crippen molar-refractivity contribution >= 4 is 0 Å². The van der Waals surface area contributed by atoms with Gasteiger partial charge in [0.15, 0.2) is 0 Å². The Balaban J connectivity index is 2.21. The maximum Gasteiger partial charge on any atom is 0.0599 e. The first-order chi connectivity index (χ1) is 5.36. The van der Waals surface area contributed by atoms with Gasteiger partial charge in [-0.25, -0.2) is 0 Å². The molecule has 1 rings (SSSR count). The molecular formula is C9H18O2. The Hall–Kier alpha value is -0.0800. The predicted molar refractivity (Wildman–Crippen MR) is 44.7 cm³/mol. The van der Waals surface area contributed by atoms with Crippen molar-refractivity contribution in [3.8, 4) is 0 Å². The zero-order chi connectivity index (χ0) is 8.10. The summed E-state index contributed by atoms with van der Waals surface area (Å²) in [7, 11) is 1.79. The first kappa shape index (κ1) is 9.01. The molecule has 11 heavy (non-hydrogen) atoms. The molecular weight excluding hydrogens is 140 g/mol. The summed E-state index contributed by atoms with van der Waals surface area (Å²) in [4.78, 5) is 0. The summed E-state index contributed by atoms with van der Waals surface area (Å²) in [5, 5.41) is 0. The maximum atomic E-state index is 5.53. The van der Waals surface area contributed by atoms with Crippen molar-refractivity contribution in [3.63, 3.8) is 0 Å². The highest BCUT2D eigenvalue weighted by Gasteiger charge is 2.21. The molecule has 1 fully saturated rings. The van der Waals surface area contributed by atoms with E-state index in [2.05, 4.69) is 6.92 Å². The van der Waals surface area contributed by atoms with Crippen LogP contribution in [0.3, 0.4) is 0 Å². The molecule has 2 nitrogen and oxygen atoms in total. The van der Waals surface area contributed by atoms with E-state index in [9.17, 15) is 0 Å². The Morgan fingerprint density at radius 1 is 1.27 bits per heavy atom. The fourth-order valence-corrected chi connectivity index (χ4v) is 1.70. The van der Waals surface area contributed by atoms with Crippen molar-refractivity contribution in [2.45, 2.75) is 44.8 Å². The van der Waals surface area contributed by atoms with Gasteiger partial charge in [0.25, 0.3) is 0 Å². The van der Waals surface area contributed by atoms with E-state index in [4.69, 9.17) is 9.47 Å². The van der Waals surface area contributed by atoms with E-state index in [0.29, 0.717) is 12.2 Å². The first-order valence-corrected chi connectivity index (χ1v) is 4.51. The van der Waals surface area contributed by atoms with Crippen molar-refractivity contribution < 1.29 is 9.47 Å². The summed E-state index contributed by atoms with van der Waals surface area (Å²) >= 11 is 0. The highest BCUT2D eigenvalue weighted by Crippen LogP contribution is 2.22. The zero-order valence-corrected chi connectivity index (χ0v) is 7.51. The molecule has 0 N–H and O–H groups in total. The lowest BCUT2D eigenvalue weighted by molar-refractivity contribution is -0.0251. The van der Waals surface area contributed by atoms with E-state index in [1.165, 1.54) is 19.3 Å². The van der Waals surface area contributed by atoms with Crippen LogP contribution in [0.15, 0.2) is 0 Å². The molecule has 66 valence electrons. The smallest absolute Gasteiger partial charge is 0.0599 e. The van der Waals surface area contributed by atoms with Gasteiger partial charge in [-0.2, -0.15) is 0 Å².